The average molecular weight is 467 g/mol. The molecule has 2 aliphatic rings. The summed E-state index contributed by atoms with van der Waals surface area (Å²) in [6.07, 6.45) is 8.22. The summed E-state index contributed by atoms with van der Waals surface area (Å²) in [5, 5.41) is 3.80. The lowest BCUT2D eigenvalue weighted by molar-refractivity contribution is -0.127. The Hall–Kier alpha value is -2.93. The number of hydrogen-bond donors (Lipinski definition) is 1. The van der Waals surface area contributed by atoms with Gasteiger partial charge in [-0.25, -0.2) is 4.79 Å². The maximum atomic E-state index is 13.5. The van der Waals surface area contributed by atoms with Gasteiger partial charge in [0, 0.05) is 29.6 Å². The molecule has 2 aromatic rings. The Labute approximate surface area is 198 Å². The highest BCUT2D eigenvalue weighted by Gasteiger charge is 2.29. The summed E-state index contributed by atoms with van der Waals surface area (Å²) in [6.45, 7) is 3.41. The van der Waals surface area contributed by atoms with E-state index in [-0.39, 0.29) is 30.0 Å². The molecule has 0 unspecified atom stereocenters. The number of aryl methyl sites for hydroxylation is 1. The molecule has 0 atom stereocenters. The molecule has 33 heavy (non-hydrogen) atoms. The number of ketones is 1. The van der Waals surface area contributed by atoms with Crippen molar-refractivity contribution in [2.24, 2.45) is 0 Å². The SMILES string of the molecule is CCOC(=O)c1c(N/C(=C\C(=O)c2ccccc2)C(=O)N2CCCCC2)sc2c1CCCC2. The molecular formula is C26H30N2O4S. The highest BCUT2D eigenvalue weighted by Crippen LogP contribution is 2.39. The van der Waals surface area contributed by atoms with Crippen LogP contribution in [0.25, 0.3) is 0 Å². The summed E-state index contributed by atoms with van der Waals surface area (Å²) in [4.78, 5) is 42.2. The van der Waals surface area contributed by atoms with Crippen molar-refractivity contribution in [2.75, 3.05) is 25.0 Å². The number of esters is 1. The predicted octanol–water partition coefficient (Wildman–Crippen LogP) is 4.99. The monoisotopic (exact) mass is 466 g/mol. The van der Waals surface area contributed by atoms with E-state index in [4.69, 9.17) is 4.74 Å². The number of piperidine rings is 1. The fourth-order valence-electron chi connectivity index (χ4n) is 4.43. The molecule has 174 valence electrons. The fraction of sp³-hybridized carbons (Fsp3) is 0.423. The van der Waals surface area contributed by atoms with Gasteiger partial charge in [-0.3, -0.25) is 9.59 Å². The molecule has 0 spiro atoms. The second-order valence-electron chi connectivity index (χ2n) is 8.40. The Morgan fingerprint density at radius 1 is 1.03 bits per heavy atom. The van der Waals surface area contributed by atoms with E-state index >= 15 is 0 Å². The number of allylic oxidation sites excluding steroid dienone is 1. The molecular weight excluding hydrogens is 436 g/mol. The Kier molecular flexibility index (Phi) is 7.60. The number of thiophene rings is 1. The number of nitrogens with zero attached hydrogens (tertiary/aromatic N) is 1. The van der Waals surface area contributed by atoms with Crippen molar-refractivity contribution >= 4 is 34.0 Å². The van der Waals surface area contributed by atoms with E-state index in [1.165, 1.54) is 17.4 Å². The van der Waals surface area contributed by atoms with E-state index in [0.717, 1.165) is 55.4 Å². The summed E-state index contributed by atoms with van der Waals surface area (Å²) in [5.41, 5.74) is 2.25. The molecule has 1 aliphatic heterocycles. The lowest BCUT2D eigenvalue weighted by Gasteiger charge is -2.28. The first-order chi connectivity index (χ1) is 16.1. The number of ether oxygens (including phenoxy) is 1. The van der Waals surface area contributed by atoms with E-state index in [0.29, 0.717) is 29.2 Å². The second kappa shape index (κ2) is 10.8. The van der Waals surface area contributed by atoms with Crippen LogP contribution in [0.3, 0.4) is 0 Å². The van der Waals surface area contributed by atoms with E-state index < -0.39 is 0 Å². The number of carbonyl (C=O) groups is 3. The van der Waals surface area contributed by atoms with Crippen molar-refractivity contribution < 1.29 is 19.1 Å². The largest absolute Gasteiger partial charge is 0.462 e. The van der Waals surface area contributed by atoms with Gasteiger partial charge in [0.15, 0.2) is 5.78 Å². The molecule has 1 fully saturated rings. The standard InChI is InChI=1S/C26H30N2O4S/c1-2-32-26(31)23-19-13-7-8-14-22(19)33-24(23)27-20(25(30)28-15-9-4-10-16-28)17-21(29)18-11-5-3-6-12-18/h3,5-6,11-12,17,27H,2,4,7-10,13-16H2,1H3/b20-17-. The van der Waals surface area contributed by atoms with Gasteiger partial charge in [-0.05, 0) is 57.4 Å². The van der Waals surface area contributed by atoms with Crippen LogP contribution < -0.4 is 5.32 Å². The minimum absolute atomic E-state index is 0.204. The third-order valence-corrected chi connectivity index (χ3v) is 7.31. The van der Waals surface area contributed by atoms with Gasteiger partial charge in [0.25, 0.3) is 5.91 Å². The average Bonchev–Trinajstić information content (AvgIpc) is 3.22. The van der Waals surface area contributed by atoms with Crippen molar-refractivity contribution in [3.8, 4) is 0 Å². The van der Waals surface area contributed by atoms with Gasteiger partial charge in [0.2, 0.25) is 0 Å². The van der Waals surface area contributed by atoms with E-state index in [9.17, 15) is 14.4 Å². The van der Waals surface area contributed by atoms with Crippen molar-refractivity contribution in [1.82, 2.24) is 4.90 Å². The topological polar surface area (TPSA) is 75.7 Å². The van der Waals surface area contributed by atoms with Gasteiger partial charge >= 0.3 is 5.97 Å². The molecule has 1 aromatic carbocycles. The van der Waals surface area contributed by atoms with Crippen LogP contribution in [0.2, 0.25) is 0 Å². The van der Waals surface area contributed by atoms with E-state index in [1.54, 1.807) is 36.1 Å². The number of nitrogens with one attached hydrogen (secondary N) is 1. The molecule has 1 amide bonds. The molecule has 1 aromatic heterocycles. The Morgan fingerprint density at radius 2 is 1.76 bits per heavy atom. The molecule has 0 bridgehead atoms. The third kappa shape index (κ3) is 5.36. The van der Waals surface area contributed by atoms with Gasteiger partial charge in [-0.15, -0.1) is 11.3 Å². The van der Waals surface area contributed by atoms with Gasteiger partial charge in [0.05, 0.1) is 12.2 Å². The predicted molar refractivity (Wildman–Crippen MR) is 130 cm³/mol. The van der Waals surface area contributed by atoms with Crippen LogP contribution in [-0.2, 0) is 22.4 Å². The lowest BCUT2D eigenvalue weighted by atomic mass is 9.95. The number of likely N-dealkylation sites (tertiary alicyclic amines) is 1. The summed E-state index contributed by atoms with van der Waals surface area (Å²) in [5.74, 6) is -0.832. The summed E-state index contributed by atoms with van der Waals surface area (Å²) in [7, 11) is 0. The highest BCUT2D eigenvalue weighted by atomic mass is 32.1. The van der Waals surface area contributed by atoms with E-state index in [1.807, 2.05) is 6.07 Å². The third-order valence-electron chi connectivity index (χ3n) is 6.11. The quantitative estimate of drug-likeness (QED) is 0.353. The normalized spacial score (nSPS) is 16.2. The van der Waals surface area contributed by atoms with Gasteiger partial charge < -0.3 is 15.0 Å². The van der Waals surface area contributed by atoms with Crippen LogP contribution in [0.4, 0.5) is 5.00 Å². The molecule has 7 heteroatoms. The first-order valence-corrected chi connectivity index (χ1v) is 12.6. The van der Waals surface area contributed by atoms with Crippen molar-refractivity contribution in [3.63, 3.8) is 0 Å². The number of fused-ring (bicyclic) bond motifs is 1. The first kappa shape index (κ1) is 23.2. The summed E-state index contributed by atoms with van der Waals surface area (Å²) >= 11 is 1.50. The van der Waals surface area contributed by atoms with Crippen LogP contribution >= 0.6 is 11.3 Å². The van der Waals surface area contributed by atoms with Gasteiger partial charge in [0.1, 0.15) is 10.7 Å². The number of benzene rings is 1. The zero-order chi connectivity index (χ0) is 23.2. The molecule has 2 heterocycles. The number of hydrogen-bond acceptors (Lipinski definition) is 6. The minimum atomic E-state index is -0.376. The molecule has 0 saturated carbocycles. The van der Waals surface area contributed by atoms with Crippen molar-refractivity contribution in [2.45, 2.75) is 51.9 Å². The summed E-state index contributed by atoms with van der Waals surface area (Å²) in [6, 6.07) is 8.91. The Morgan fingerprint density at radius 3 is 2.48 bits per heavy atom. The molecule has 0 radical (unpaired) electrons. The second-order valence-corrected chi connectivity index (χ2v) is 9.51. The molecule has 6 nitrogen and oxygen atoms in total. The highest BCUT2D eigenvalue weighted by molar-refractivity contribution is 7.16. The number of anilines is 1. The maximum Gasteiger partial charge on any atom is 0.341 e. The van der Waals surface area contributed by atoms with Crippen molar-refractivity contribution in [1.29, 1.82) is 0 Å². The zero-order valence-electron chi connectivity index (χ0n) is 19.0. The molecule has 1 saturated heterocycles. The number of carbonyl (C=O) groups excluding carboxylic acids is 3. The Bertz CT molecular complexity index is 1050. The van der Waals surface area contributed by atoms with Crippen LogP contribution in [-0.4, -0.2) is 42.3 Å². The fourth-order valence-corrected chi connectivity index (χ4v) is 5.72. The lowest BCUT2D eigenvalue weighted by Crippen LogP contribution is -2.38. The van der Waals surface area contributed by atoms with E-state index in [2.05, 4.69) is 5.32 Å². The minimum Gasteiger partial charge on any atom is -0.462 e. The summed E-state index contributed by atoms with van der Waals surface area (Å²) < 4.78 is 5.35. The molecule has 1 N–H and O–H groups in total. The van der Waals surface area contributed by atoms with Gasteiger partial charge in [-0.1, -0.05) is 30.3 Å². The maximum absolute atomic E-state index is 13.5. The number of rotatable bonds is 7. The Balaban J connectivity index is 1.71. The molecule has 1 aliphatic carbocycles. The first-order valence-electron chi connectivity index (χ1n) is 11.8. The van der Waals surface area contributed by atoms with Crippen LogP contribution in [0.15, 0.2) is 42.1 Å². The van der Waals surface area contributed by atoms with Gasteiger partial charge in [-0.2, -0.15) is 0 Å². The smallest absolute Gasteiger partial charge is 0.341 e. The van der Waals surface area contributed by atoms with Crippen LogP contribution in [0, 0.1) is 0 Å². The zero-order valence-corrected chi connectivity index (χ0v) is 19.8. The van der Waals surface area contributed by atoms with Crippen LogP contribution in [0.5, 0.6) is 0 Å². The molecule has 4 rings (SSSR count). The van der Waals surface area contributed by atoms with Crippen LogP contribution in [0.1, 0.15) is 70.2 Å². The number of amides is 1. The van der Waals surface area contributed by atoms with Crippen molar-refractivity contribution in [3.05, 3.63) is 63.7 Å².